The average Bonchev–Trinajstić information content (AvgIpc) is 2.82. The van der Waals surface area contributed by atoms with E-state index in [1.165, 1.54) is 44.1 Å². The van der Waals surface area contributed by atoms with Gasteiger partial charge in [0.2, 0.25) is 0 Å². The molecule has 108 valence electrons. The highest BCUT2D eigenvalue weighted by atomic mass is 15.2. The Balaban J connectivity index is 1.97. The number of aryl methyl sites for hydroxylation is 1. The van der Waals surface area contributed by atoms with Crippen LogP contribution in [0.2, 0.25) is 0 Å². The van der Waals surface area contributed by atoms with Crippen molar-refractivity contribution in [3.63, 3.8) is 0 Å². The SMILES string of the molecule is CCCNC1CCC(CC)CC1Cc1cnn(C)c1. The van der Waals surface area contributed by atoms with Gasteiger partial charge in [-0.1, -0.05) is 20.3 Å². The summed E-state index contributed by atoms with van der Waals surface area (Å²) >= 11 is 0. The van der Waals surface area contributed by atoms with E-state index in [1.54, 1.807) is 0 Å². The van der Waals surface area contributed by atoms with Gasteiger partial charge in [0, 0.05) is 19.3 Å². The van der Waals surface area contributed by atoms with Crippen LogP contribution in [-0.4, -0.2) is 22.4 Å². The minimum Gasteiger partial charge on any atom is -0.314 e. The van der Waals surface area contributed by atoms with Crippen LogP contribution < -0.4 is 5.32 Å². The molecule has 3 nitrogen and oxygen atoms in total. The molecule has 0 radical (unpaired) electrons. The second-order valence-corrected chi connectivity index (χ2v) is 6.13. The standard InChI is InChI=1S/C16H29N3/c1-4-8-17-16-7-6-13(5-2)9-15(16)10-14-11-18-19(3)12-14/h11-13,15-17H,4-10H2,1-3H3. The summed E-state index contributed by atoms with van der Waals surface area (Å²) in [6, 6.07) is 0.711. The largest absolute Gasteiger partial charge is 0.314 e. The maximum Gasteiger partial charge on any atom is 0.0521 e. The molecule has 0 spiro atoms. The van der Waals surface area contributed by atoms with Gasteiger partial charge >= 0.3 is 0 Å². The highest BCUT2D eigenvalue weighted by molar-refractivity contribution is 5.06. The van der Waals surface area contributed by atoms with E-state index in [0.717, 1.165) is 18.4 Å². The Morgan fingerprint density at radius 2 is 2.21 bits per heavy atom. The van der Waals surface area contributed by atoms with E-state index in [-0.39, 0.29) is 0 Å². The number of aromatic nitrogens is 2. The number of hydrogen-bond acceptors (Lipinski definition) is 2. The maximum atomic E-state index is 4.30. The van der Waals surface area contributed by atoms with Gasteiger partial charge in [0.1, 0.15) is 0 Å². The maximum absolute atomic E-state index is 4.30. The monoisotopic (exact) mass is 263 g/mol. The van der Waals surface area contributed by atoms with Crippen molar-refractivity contribution in [3.05, 3.63) is 18.0 Å². The molecule has 3 heteroatoms. The Hall–Kier alpha value is -0.830. The van der Waals surface area contributed by atoms with E-state index in [2.05, 4.69) is 30.5 Å². The van der Waals surface area contributed by atoms with Crippen LogP contribution >= 0.6 is 0 Å². The molecule has 0 aliphatic heterocycles. The van der Waals surface area contributed by atoms with E-state index in [9.17, 15) is 0 Å². The van der Waals surface area contributed by atoms with Gasteiger partial charge in [-0.05, 0) is 56.0 Å². The number of nitrogens with zero attached hydrogens (tertiary/aromatic N) is 2. The third-order valence-electron chi connectivity index (χ3n) is 4.58. The molecule has 1 saturated carbocycles. The first-order chi connectivity index (χ1) is 9.22. The summed E-state index contributed by atoms with van der Waals surface area (Å²) in [5.41, 5.74) is 1.40. The van der Waals surface area contributed by atoms with Crippen molar-refractivity contribution in [2.75, 3.05) is 6.54 Å². The molecule has 1 aromatic rings. The molecule has 1 heterocycles. The minimum atomic E-state index is 0.711. The fourth-order valence-electron chi connectivity index (χ4n) is 3.44. The third-order valence-corrected chi connectivity index (χ3v) is 4.58. The van der Waals surface area contributed by atoms with Gasteiger partial charge in [-0.3, -0.25) is 4.68 Å². The zero-order valence-corrected chi connectivity index (χ0v) is 12.7. The third kappa shape index (κ3) is 4.07. The summed E-state index contributed by atoms with van der Waals surface area (Å²) < 4.78 is 1.92. The van der Waals surface area contributed by atoms with E-state index >= 15 is 0 Å². The Kier molecular flexibility index (Phi) is 5.44. The summed E-state index contributed by atoms with van der Waals surface area (Å²) in [5, 5.41) is 8.07. The molecular weight excluding hydrogens is 234 g/mol. The zero-order valence-electron chi connectivity index (χ0n) is 12.7. The first kappa shape index (κ1) is 14.6. The van der Waals surface area contributed by atoms with Crippen molar-refractivity contribution in [2.24, 2.45) is 18.9 Å². The van der Waals surface area contributed by atoms with Gasteiger partial charge < -0.3 is 5.32 Å². The Labute approximate surface area is 117 Å². The number of rotatable bonds is 6. The highest BCUT2D eigenvalue weighted by Gasteiger charge is 2.29. The summed E-state index contributed by atoms with van der Waals surface area (Å²) in [7, 11) is 2.01. The van der Waals surface area contributed by atoms with Crippen LogP contribution in [0.4, 0.5) is 0 Å². The topological polar surface area (TPSA) is 29.9 Å². The summed E-state index contributed by atoms with van der Waals surface area (Å²) in [5.74, 6) is 1.72. The van der Waals surface area contributed by atoms with Gasteiger partial charge in [-0.25, -0.2) is 0 Å². The van der Waals surface area contributed by atoms with Gasteiger partial charge in [-0.15, -0.1) is 0 Å². The summed E-state index contributed by atoms with van der Waals surface area (Å²) in [6.45, 7) is 5.75. The van der Waals surface area contributed by atoms with Crippen molar-refractivity contribution < 1.29 is 0 Å². The first-order valence-electron chi connectivity index (χ1n) is 7.93. The lowest BCUT2D eigenvalue weighted by Crippen LogP contribution is -2.41. The molecule has 3 atom stereocenters. The van der Waals surface area contributed by atoms with Gasteiger partial charge in [0.15, 0.2) is 0 Å². The Bertz CT molecular complexity index is 372. The van der Waals surface area contributed by atoms with Crippen LogP contribution in [0.15, 0.2) is 12.4 Å². The van der Waals surface area contributed by atoms with Crippen molar-refractivity contribution in [1.29, 1.82) is 0 Å². The lowest BCUT2D eigenvalue weighted by atomic mass is 9.74. The van der Waals surface area contributed by atoms with Crippen molar-refractivity contribution >= 4 is 0 Å². The summed E-state index contributed by atoms with van der Waals surface area (Å²) in [4.78, 5) is 0. The molecule has 0 aromatic carbocycles. The molecular formula is C16H29N3. The van der Waals surface area contributed by atoms with Crippen LogP contribution in [0.1, 0.15) is 51.5 Å². The Morgan fingerprint density at radius 3 is 2.84 bits per heavy atom. The molecule has 3 unspecified atom stereocenters. The fraction of sp³-hybridized carbons (Fsp3) is 0.812. The molecule has 1 aliphatic rings. The Morgan fingerprint density at radius 1 is 1.37 bits per heavy atom. The zero-order chi connectivity index (χ0) is 13.7. The first-order valence-corrected chi connectivity index (χ1v) is 7.93. The predicted molar refractivity (Wildman–Crippen MR) is 80.1 cm³/mol. The second-order valence-electron chi connectivity index (χ2n) is 6.13. The number of hydrogen-bond donors (Lipinski definition) is 1. The molecule has 1 N–H and O–H groups in total. The molecule has 1 fully saturated rings. The van der Waals surface area contributed by atoms with E-state index < -0.39 is 0 Å². The average molecular weight is 263 g/mol. The lowest BCUT2D eigenvalue weighted by Gasteiger charge is -2.36. The van der Waals surface area contributed by atoms with Crippen LogP contribution in [0, 0.1) is 11.8 Å². The van der Waals surface area contributed by atoms with Crippen LogP contribution in [0.3, 0.4) is 0 Å². The van der Waals surface area contributed by atoms with Crippen molar-refractivity contribution in [3.8, 4) is 0 Å². The predicted octanol–water partition coefficient (Wildman–Crippen LogP) is 3.16. The molecule has 19 heavy (non-hydrogen) atoms. The van der Waals surface area contributed by atoms with Gasteiger partial charge in [0.05, 0.1) is 6.20 Å². The molecule has 1 aromatic heterocycles. The fourth-order valence-corrected chi connectivity index (χ4v) is 3.44. The van der Waals surface area contributed by atoms with Crippen molar-refractivity contribution in [1.82, 2.24) is 15.1 Å². The van der Waals surface area contributed by atoms with Crippen LogP contribution in [0.5, 0.6) is 0 Å². The summed E-state index contributed by atoms with van der Waals surface area (Å²) in [6.07, 6.45) is 12.1. The highest BCUT2D eigenvalue weighted by Crippen LogP contribution is 2.33. The van der Waals surface area contributed by atoms with Gasteiger partial charge in [-0.2, -0.15) is 5.10 Å². The smallest absolute Gasteiger partial charge is 0.0521 e. The van der Waals surface area contributed by atoms with Crippen molar-refractivity contribution in [2.45, 2.75) is 58.4 Å². The van der Waals surface area contributed by atoms with Crippen LogP contribution in [0.25, 0.3) is 0 Å². The second kappa shape index (κ2) is 7.09. The van der Waals surface area contributed by atoms with Gasteiger partial charge in [0.25, 0.3) is 0 Å². The normalized spacial score (nSPS) is 27.6. The molecule has 0 amide bonds. The molecule has 2 rings (SSSR count). The quantitative estimate of drug-likeness (QED) is 0.854. The van der Waals surface area contributed by atoms with Crippen LogP contribution in [-0.2, 0) is 13.5 Å². The lowest BCUT2D eigenvalue weighted by molar-refractivity contribution is 0.198. The van der Waals surface area contributed by atoms with E-state index in [1.807, 2.05) is 17.9 Å². The minimum absolute atomic E-state index is 0.711. The molecule has 1 aliphatic carbocycles. The van der Waals surface area contributed by atoms with E-state index in [0.29, 0.717) is 6.04 Å². The molecule has 0 saturated heterocycles. The molecule has 0 bridgehead atoms. The van der Waals surface area contributed by atoms with E-state index in [4.69, 9.17) is 0 Å². The number of nitrogens with one attached hydrogen (secondary N) is 1.